The Balaban J connectivity index is 2.17. The van der Waals surface area contributed by atoms with Crippen LogP contribution in [-0.2, 0) is 11.3 Å². The van der Waals surface area contributed by atoms with E-state index < -0.39 is 0 Å². The molecule has 0 atom stereocenters. The highest BCUT2D eigenvalue weighted by atomic mass is 16.5. The fourth-order valence-corrected chi connectivity index (χ4v) is 1.88. The first kappa shape index (κ1) is 13.1. The molecule has 3 heteroatoms. The molecular formula is C15H22N2O. The second kappa shape index (κ2) is 5.53. The van der Waals surface area contributed by atoms with Gasteiger partial charge >= 0.3 is 0 Å². The van der Waals surface area contributed by atoms with Crippen LogP contribution in [0, 0.1) is 0 Å². The van der Waals surface area contributed by atoms with Crippen molar-refractivity contribution in [3.05, 3.63) is 35.4 Å². The lowest BCUT2D eigenvalue weighted by molar-refractivity contribution is -0.0150. The molecule has 0 radical (unpaired) electrons. The SMILES string of the molecule is CC(C)(C)OCc1ccccc1C1=NCCCN1. The molecule has 1 heterocycles. The lowest BCUT2D eigenvalue weighted by Crippen LogP contribution is -2.31. The highest BCUT2D eigenvalue weighted by molar-refractivity contribution is 6.00. The van der Waals surface area contributed by atoms with Crippen LogP contribution >= 0.6 is 0 Å². The van der Waals surface area contributed by atoms with Crippen molar-refractivity contribution >= 4 is 5.84 Å². The van der Waals surface area contributed by atoms with Gasteiger partial charge in [0.2, 0.25) is 0 Å². The summed E-state index contributed by atoms with van der Waals surface area (Å²) < 4.78 is 5.86. The van der Waals surface area contributed by atoms with Gasteiger partial charge in [-0.1, -0.05) is 24.3 Å². The van der Waals surface area contributed by atoms with Gasteiger partial charge in [0.05, 0.1) is 12.2 Å². The molecule has 0 saturated heterocycles. The minimum Gasteiger partial charge on any atom is -0.371 e. The van der Waals surface area contributed by atoms with Crippen molar-refractivity contribution in [1.82, 2.24) is 5.32 Å². The van der Waals surface area contributed by atoms with Gasteiger partial charge in [-0.05, 0) is 32.8 Å². The summed E-state index contributed by atoms with van der Waals surface area (Å²) in [5.41, 5.74) is 2.25. The predicted octanol–water partition coefficient (Wildman–Crippen LogP) is 2.74. The third-order valence-electron chi connectivity index (χ3n) is 2.83. The first-order valence-corrected chi connectivity index (χ1v) is 6.57. The summed E-state index contributed by atoms with van der Waals surface area (Å²) in [7, 11) is 0. The minimum atomic E-state index is -0.116. The molecule has 0 amide bonds. The summed E-state index contributed by atoms with van der Waals surface area (Å²) in [6.45, 7) is 8.77. The number of aliphatic imine (C=N–C) groups is 1. The lowest BCUT2D eigenvalue weighted by Gasteiger charge is -2.22. The van der Waals surface area contributed by atoms with Gasteiger partial charge in [0.25, 0.3) is 0 Å². The summed E-state index contributed by atoms with van der Waals surface area (Å²) in [5.74, 6) is 1.01. The molecular weight excluding hydrogens is 224 g/mol. The molecule has 98 valence electrons. The van der Waals surface area contributed by atoms with Gasteiger partial charge in [0, 0.05) is 18.7 Å². The average molecular weight is 246 g/mol. The highest BCUT2D eigenvalue weighted by Crippen LogP contribution is 2.16. The van der Waals surface area contributed by atoms with Crippen molar-refractivity contribution in [2.45, 2.75) is 39.4 Å². The van der Waals surface area contributed by atoms with E-state index in [9.17, 15) is 0 Å². The van der Waals surface area contributed by atoms with Crippen LogP contribution in [0.15, 0.2) is 29.3 Å². The van der Waals surface area contributed by atoms with Crippen LogP contribution in [0.25, 0.3) is 0 Å². The van der Waals surface area contributed by atoms with E-state index >= 15 is 0 Å². The second-order valence-electron chi connectivity index (χ2n) is 5.57. The molecule has 0 saturated carbocycles. The fraction of sp³-hybridized carbons (Fsp3) is 0.533. The van der Waals surface area contributed by atoms with E-state index in [1.165, 1.54) is 11.1 Å². The molecule has 1 N–H and O–H groups in total. The third kappa shape index (κ3) is 3.57. The van der Waals surface area contributed by atoms with Crippen LogP contribution in [0.3, 0.4) is 0 Å². The molecule has 0 unspecified atom stereocenters. The minimum absolute atomic E-state index is 0.116. The zero-order valence-corrected chi connectivity index (χ0v) is 11.5. The van der Waals surface area contributed by atoms with E-state index in [-0.39, 0.29) is 5.60 Å². The number of rotatable bonds is 3. The summed E-state index contributed by atoms with van der Waals surface area (Å²) >= 11 is 0. The normalized spacial score (nSPS) is 16.1. The molecule has 1 aromatic carbocycles. The number of nitrogens with zero attached hydrogens (tertiary/aromatic N) is 1. The smallest absolute Gasteiger partial charge is 0.128 e. The van der Waals surface area contributed by atoms with Gasteiger partial charge in [-0.2, -0.15) is 0 Å². The van der Waals surface area contributed by atoms with Crippen LogP contribution in [0.5, 0.6) is 0 Å². The van der Waals surface area contributed by atoms with Crippen LogP contribution in [0.4, 0.5) is 0 Å². The molecule has 0 bridgehead atoms. The molecule has 3 nitrogen and oxygen atoms in total. The Morgan fingerprint density at radius 2 is 2.06 bits per heavy atom. The number of hydrogen-bond donors (Lipinski definition) is 1. The average Bonchev–Trinajstić information content (AvgIpc) is 2.37. The van der Waals surface area contributed by atoms with Gasteiger partial charge in [0.15, 0.2) is 0 Å². The van der Waals surface area contributed by atoms with Gasteiger partial charge in [0.1, 0.15) is 5.84 Å². The molecule has 0 fully saturated rings. The largest absolute Gasteiger partial charge is 0.371 e. The van der Waals surface area contributed by atoms with Crippen LogP contribution in [0.1, 0.15) is 38.3 Å². The van der Waals surface area contributed by atoms with E-state index in [1.807, 2.05) is 6.07 Å². The van der Waals surface area contributed by atoms with Crippen molar-refractivity contribution in [3.8, 4) is 0 Å². The molecule has 18 heavy (non-hydrogen) atoms. The van der Waals surface area contributed by atoms with Crippen LogP contribution in [0.2, 0.25) is 0 Å². The second-order valence-corrected chi connectivity index (χ2v) is 5.57. The van der Waals surface area contributed by atoms with E-state index in [0.29, 0.717) is 6.61 Å². The zero-order valence-electron chi connectivity index (χ0n) is 11.5. The fourth-order valence-electron chi connectivity index (χ4n) is 1.88. The number of nitrogens with one attached hydrogen (secondary N) is 1. The molecule has 1 aliphatic heterocycles. The Hall–Kier alpha value is -1.35. The van der Waals surface area contributed by atoms with E-state index in [2.05, 4.69) is 49.3 Å². The number of ether oxygens (including phenoxy) is 1. The zero-order chi connectivity index (χ0) is 13.0. The maximum atomic E-state index is 5.86. The standard InChI is InChI=1S/C15H22N2O/c1-15(2,3)18-11-12-7-4-5-8-13(12)14-16-9-6-10-17-14/h4-5,7-8H,6,9-11H2,1-3H3,(H,16,17). The molecule has 2 rings (SSSR count). The quantitative estimate of drug-likeness (QED) is 0.889. The van der Waals surface area contributed by atoms with E-state index in [4.69, 9.17) is 4.74 Å². The van der Waals surface area contributed by atoms with Crippen molar-refractivity contribution in [1.29, 1.82) is 0 Å². The van der Waals surface area contributed by atoms with Gasteiger partial charge in [-0.25, -0.2) is 0 Å². The van der Waals surface area contributed by atoms with Gasteiger partial charge in [-0.15, -0.1) is 0 Å². The summed E-state index contributed by atoms with van der Waals surface area (Å²) in [5, 5.41) is 3.37. The number of benzene rings is 1. The Kier molecular flexibility index (Phi) is 4.02. The Bertz CT molecular complexity index is 432. The van der Waals surface area contributed by atoms with Crippen molar-refractivity contribution in [2.24, 2.45) is 4.99 Å². The lowest BCUT2D eigenvalue weighted by atomic mass is 10.1. The maximum absolute atomic E-state index is 5.86. The topological polar surface area (TPSA) is 33.6 Å². The van der Waals surface area contributed by atoms with E-state index in [0.717, 1.165) is 25.3 Å². The first-order chi connectivity index (χ1) is 8.56. The molecule has 1 aromatic rings. The summed E-state index contributed by atoms with van der Waals surface area (Å²) in [6.07, 6.45) is 1.12. The predicted molar refractivity (Wildman–Crippen MR) is 75.0 cm³/mol. The Morgan fingerprint density at radius 3 is 2.72 bits per heavy atom. The van der Waals surface area contributed by atoms with Crippen molar-refractivity contribution in [3.63, 3.8) is 0 Å². The van der Waals surface area contributed by atoms with Crippen molar-refractivity contribution < 1.29 is 4.74 Å². The van der Waals surface area contributed by atoms with Crippen LogP contribution < -0.4 is 5.32 Å². The highest BCUT2D eigenvalue weighted by Gasteiger charge is 2.14. The molecule has 0 aliphatic carbocycles. The molecule has 0 aromatic heterocycles. The Labute approximate surface area is 109 Å². The first-order valence-electron chi connectivity index (χ1n) is 6.57. The maximum Gasteiger partial charge on any atom is 0.128 e. The summed E-state index contributed by atoms with van der Waals surface area (Å²) in [4.78, 5) is 4.55. The molecule has 0 spiro atoms. The van der Waals surface area contributed by atoms with Crippen LogP contribution in [-0.4, -0.2) is 24.5 Å². The third-order valence-corrected chi connectivity index (χ3v) is 2.83. The Morgan fingerprint density at radius 1 is 1.28 bits per heavy atom. The molecule has 1 aliphatic rings. The monoisotopic (exact) mass is 246 g/mol. The summed E-state index contributed by atoms with van der Waals surface area (Å²) in [6, 6.07) is 8.32. The number of hydrogen-bond acceptors (Lipinski definition) is 3. The van der Waals surface area contributed by atoms with Crippen molar-refractivity contribution in [2.75, 3.05) is 13.1 Å². The van der Waals surface area contributed by atoms with Gasteiger partial charge in [-0.3, -0.25) is 4.99 Å². The number of amidine groups is 1. The van der Waals surface area contributed by atoms with Gasteiger partial charge < -0.3 is 10.1 Å². The van der Waals surface area contributed by atoms with E-state index in [1.54, 1.807) is 0 Å².